The van der Waals surface area contributed by atoms with Gasteiger partial charge in [-0.3, -0.25) is 4.79 Å². The fourth-order valence-electron chi connectivity index (χ4n) is 2.20. The van der Waals surface area contributed by atoms with E-state index in [-0.39, 0.29) is 11.8 Å². The number of benzene rings is 1. The maximum Gasteiger partial charge on any atom is 0.258 e. The molecule has 1 atom stereocenters. The minimum atomic E-state index is -0.152. The molecule has 0 radical (unpaired) electrons. The minimum absolute atomic E-state index is 0.00488. The van der Waals surface area contributed by atoms with Gasteiger partial charge in [0, 0.05) is 16.7 Å². The number of thiazole rings is 1. The summed E-state index contributed by atoms with van der Waals surface area (Å²) in [6, 6.07) is 8.36. The zero-order valence-corrected chi connectivity index (χ0v) is 13.1. The van der Waals surface area contributed by atoms with Crippen LogP contribution in [0.4, 0.5) is 5.13 Å². The first kappa shape index (κ1) is 13.9. The molecule has 108 valence electrons. The van der Waals surface area contributed by atoms with Crippen molar-refractivity contribution in [3.05, 3.63) is 35.2 Å². The van der Waals surface area contributed by atoms with E-state index in [1.165, 1.54) is 21.9 Å². The van der Waals surface area contributed by atoms with Gasteiger partial charge in [-0.1, -0.05) is 31.2 Å². The molecule has 0 fully saturated rings. The zero-order chi connectivity index (χ0) is 15.0. The van der Waals surface area contributed by atoms with Crippen LogP contribution in [-0.2, 0) is 11.2 Å². The standard InChI is InChI=1S/C16H17N3OS/c1-4-12-5-7-13(8-6-12)14-9-21-16(17-14)19-15(20)10(2)11(3)18-19/h5-10H,4H2,1-3H3/t10-/m0/s1. The lowest BCUT2D eigenvalue weighted by Crippen LogP contribution is -2.24. The molecule has 2 aromatic rings. The average Bonchev–Trinajstić information content (AvgIpc) is 3.08. The number of aryl methyl sites for hydroxylation is 1. The number of hydrogen-bond acceptors (Lipinski definition) is 4. The van der Waals surface area contributed by atoms with Crippen molar-refractivity contribution < 1.29 is 4.79 Å². The van der Waals surface area contributed by atoms with Crippen LogP contribution in [0.3, 0.4) is 0 Å². The average molecular weight is 299 g/mol. The predicted octanol–water partition coefficient (Wildman–Crippen LogP) is 3.73. The molecular formula is C16H17N3OS. The van der Waals surface area contributed by atoms with Crippen LogP contribution in [0.25, 0.3) is 11.3 Å². The fourth-order valence-corrected chi connectivity index (χ4v) is 2.99. The lowest BCUT2D eigenvalue weighted by Gasteiger charge is -2.08. The first-order valence-corrected chi connectivity index (χ1v) is 7.92. The van der Waals surface area contributed by atoms with E-state index in [2.05, 4.69) is 41.3 Å². The second kappa shape index (κ2) is 5.41. The Morgan fingerprint density at radius 3 is 2.57 bits per heavy atom. The number of carbonyl (C=O) groups excluding carboxylic acids is 1. The largest absolute Gasteiger partial charge is 0.272 e. The smallest absolute Gasteiger partial charge is 0.258 e. The zero-order valence-electron chi connectivity index (χ0n) is 12.3. The quantitative estimate of drug-likeness (QED) is 0.867. The molecule has 1 amide bonds. The molecule has 21 heavy (non-hydrogen) atoms. The van der Waals surface area contributed by atoms with E-state index < -0.39 is 0 Å². The van der Waals surface area contributed by atoms with Gasteiger partial charge in [-0.15, -0.1) is 11.3 Å². The summed E-state index contributed by atoms with van der Waals surface area (Å²) in [5.41, 5.74) is 4.09. The summed E-state index contributed by atoms with van der Waals surface area (Å²) in [6.07, 6.45) is 1.02. The Balaban J connectivity index is 1.88. The van der Waals surface area contributed by atoms with Gasteiger partial charge in [0.05, 0.1) is 11.6 Å². The van der Waals surface area contributed by atoms with E-state index in [1.807, 2.05) is 19.2 Å². The number of hydrogen-bond donors (Lipinski definition) is 0. The number of hydrazone groups is 1. The molecule has 0 N–H and O–H groups in total. The van der Waals surface area contributed by atoms with Gasteiger partial charge < -0.3 is 0 Å². The highest BCUT2D eigenvalue weighted by Gasteiger charge is 2.32. The predicted molar refractivity (Wildman–Crippen MR) is 86.7 cm³/mol. The maximum absolute atomic E-state index is 12.1. The fraction of sp³-hybridized carbons (Fsp3) is 0.312. The molecule has 5 heteroatoms. The number of carbonyl (C=O) groups is 1. The van der Waals surface area contributed by atoms with E-state index in [0.29, 0.717) is 5.13 Å². The monoisotopic (exact) mass is 299 g/mol. The van der Waals surface area contributed by atoms with Crippen LogP contribution in [0.15, 0.2) is 34.7 Å². The van der Waals surface area contributed by atoms with Gasteiger partial charge in [0.25, 0.3) is 5.91 Å². The number of rotatable bonds is 3. The Morgan fingerprint density at radius 2 is 2.00 bits per heavy atom. The third-order valence-electron chi connectivity index (χ3n) is 3.79. The Labute approximate surface area is 128 Å². The topological polar surface area (TPSA) is 45.6 Å². The molecule has 2 heterocycles. The molecule has 1 aliphatic rings. The maximum atomic E-state index is 12.1. The van der Waals surface area contributed by atoms with Gasteiger partial charge in [0.15, 0.2) is 0 Å². The minimum Gasteiger partial charge on any atom is -0.272 e. The van der Waals surface area contributed by atoms with Gasteiger partial charge >= 0.3 is 0 Å². The van der Waals surface area contributed by atoms with Crippen LogP contribution in [-0.4, -0.2) is 16.6 Å². The molecule has 1 aromatic heterocycles. The van der Waals surface area contributed by atoms with Crippen molar-refractivity contribution in [1.29, 1.82) is 0 Å². The number of anilines is 1. The molecule has 1 aliphatic heterocycles. The highest BCUT2D eigenvalue weighted by Crippen LogP contribution is 2.31. The Morgan fingerprint density at radius 1 is 1.29 bits per heavy atom. The summed E-state index contributed by atoms with van der Waals surface area (Å²) in [4.78, 5) is 16.7. The van der Waals surface area contributed by atoms with E-state index in [0.717, 1.165) is 23.4 Å². The van der Waals surface area contributed by atoms with Crippen LogP contribution in [0.2, 0.25) is 0 Å². The van der Waals surface area contributed by atoms with Crippen molar-refractivity contribution in [2.45, 2.75) is 27.2 Å². The van der Waals surface area contributed by atoms with E-state index >= 15 is 0 Å². The van der Waals surface area contributed by atoms with Crippen molar-refractivity contribution in [3.63, 3.8) is 0 Å². The molecule has 0 unspecified atom stereocenters. The first-order valence-electron chi connectivity index (χ1n) is 7.04. The Kier molecular flexibility index (Phi) is 3.59. The lowest BCUT2D eigenvalue weighted by molar-refractivity contribution is -0.119. The molecule has 0 saturated heterocycles. The van der Waals surface area contributed by atoms with Gasteiger partial charge in [-0.25, -0.2) is 4.98 Å². The second-order valence-corrected chi connectivity index (χ2v) is 6.02. The molecule has 0 bridgehead atoms. The number of amides is 1. The SMILES string of the molecule is CCc1ccc(-c2csc(N3N=C(C)[C@H](C)C3=O)n2)cc1. The number of nitrogens with zero attached hydrogens (tertiary/aromatic N) is 3. The molecule has 4 nitrogen and oxygen atoms in total. The Hall–Kier alpha value is -2.01. The molecule has 0 spiro atoms. The third-order valence-corrected chi connectivity index (χ3v) is 4.61. The van der Waals surface area contributed by atoms with Crippen molar-refractivity contribution in [2.24, 2.45) is 11.0 Å². The van der Waals surface area contributed by atoms with E-state index in [4.69, 9.17) is 0 Å². The highest BCUT2D eigenvalue weighted by atomic mass is 32.1. The van der Waals surface area contributed by atoms with Gasteiger partial charge in [0.1, 0.15) is 0 Å². The van der Waals surface area contributed by atoms with Gasteiger partial charge in [-0.05, 0) is 25.8 Å². The Bertz CT molecular complexity index is 703. The van der Waals surface area contributed by atoms with Gasteiger partial charge in [0.2, 0.25) is 5.13 Å². The summed E-state index contributed by atoms with van der Waals surface area (Å²) in [7, 11) is 0. The van der Waals surface area contributed by atoms with Crippen LogP contribution in [0.5, 0.6) is 0 Å². The summed E-state index contributed by atoms with van der Waals surface area (Å²) in [5, 5.41) is 8.34. The normalized spacial score (nSPS) is 18.2. The molecule has 3 rings (SSSR count). The molecule has 1 aromatic carbocycles. The van der Waals surface area contributed by atoms with E-state index in [1.54, 1.807) is 0 Å². The molecule has 0 aliphatic carbocycles. The van der Waals surface area contributed by atoms with Crippen LogP contribution >= 0.6 is 11.3 Å². The summed E-state index contributed by atoms with van der Waals surface area (Å²) >= 11 is 1.45. The highest BCUT2D eigenvalue weighted by molar-refractivity contribution is 7.14. The lowest BCUT2D eigenvalue weighted by atomic mass is 10.1. The third kappa shape index (κ3) is 2.49. The molecular weight excluding hydrogens is 282 g/mol. The van der Waals surface area contributed by atoms with Gasteiger partial charge in [-0.2, -0.15) is 10.1 Å². The molecule has 0 saturated carbocycles. The first-order chi connectivity index (χ1) is 10.1. The summed E-state index contributed by atoms with van der Waals surface area (Å²) in [6.45, 7) is 5.89. The second-order valence-electron chi connectivity index (χ2n) is 5.18. The van der Waals surface area contributed by atoms with Crippen LogP contribution in [0, 0.1) is 5.92 Å². The number of aromatic nitrogens is 1. The van der Waals surface area contributed by atoms with Crippen molar-refractivity contribution in [3.8, 4) is 11.3 Å². The van der Waals surface area contributed by atoms with E-state index in [9.17, 15) is 4.79 Å². The van der Waals surface area contributed by atoms with Crippen molar-refractivity contribution in [2.75, 3.05) is 5.01 Å². The van der Waals surface area contributed by atoms with Crippen LogP contribution < -0.4 is 5.01 Å². The van der Waals surface area contributed by atoms with Crippen LogP contribution in [0.1, 0.15) is 26.3 Å². The van der Waals surface area contributed by atoms with Crippen molar-refractivity contribution >= 4 is 28.1 Å². The summed E-state index contributed by atoms with van der Waals surface area (Å²) < 4.78 is 0. The summed E-state index contributed by atoms with van der Waals surface area (Å²) in [5.74, 6) is -0.157. The van der Waals surface area contributed by atoms with Crippen molar-refractivity contribution in [1.82, 2.24) is 4.98 Å².